The smallest absolute Gasteiger partial charge is 0.339 e. The summed E-state index contributed by atoms with van der Waals surface area (Å²) in [5, 5.41) is 0. The second-order valence-corrected chi connectivity index (χ2v) is 4.97. The molecule has 8 heteroatoms. The van der Waals surface area contributed by atoms with Gasteiger partial charge in [-0.1, -0.05) is 0 Å². The molecule has 0 unspecified atom stereocenters. The number of esters is 1. The third-order valence-corrected chi connectivity index (χ3v) is 3.15. The van der Waals surface area contributed by atoms with Gasteiger partial charge in [0.15, 0.2) is 0 Å². The minimum Gasteiger partial charge on any atom is -0.465 e. The van der Waals surface area contributed by atoms with Gasteiger partial charge in [-0.05, 0) is 30.3 Å². The van der Waals surface area contributed by atoms with Crippen LogP contribution >= 0.6 is 0 Å². The Morgan fingerprint density at radius 3 is 2.12 bits per heavy atom. The van der Waals surface area contributed by atoms with Gasteiger partial charge in [0.2, 0.25) is 5.88 Å². The number of methoxy groups -OCH3 is 1. The van der Waals surface area contributed by atoms with Gasteiger partial charge in [0.1, 0.15) is 5.75 Å². The van der Waals surface area contributed by atoms with Crippen LogP contribution in [0.25, 0.3) is 0 Å². The van der Waals surface area contributed by atoms with Crippen molar-refractivity contribution in [2.24, 2.45) is 0 Å². The lowest BCUT2D eigenvalue weighted by Crippen LogP contribution is -2.34. The molecule has 0 spiro atoms. The summed E-state index contributed by atoms with van der Waals surface area (Å²) < 4.78 is 62.7. The number of carbonyl (C=O) groups is 1. The fraction of sp³-hybridized carbons (Fsp3) is 0.250. The summed E-state index contributed by atoms with van der Waals surface area (Å²) in [4.78, 5) is 15.1. The van der Waals surface area contributed by atoms with Gasteiger partial charge in [-0.3, -0.25) is 0 Å². The van der Waals surface area contributed by atoms with E-state index in [0.717, 1.165) is 24.3 Å². The molecule has 0 aliphatic carbocycles. The van der Waals surface area contributed by atoms with Crippen LogP contribution in [0.1, 0.15) is 22.8 Å². The Balaban J connectivity index is 2.13. The summed E-state index contributed by atoms with van der Waals surface area (Å²) in [6.07, 6.45) is 1.22. The maximum absolute atomic E-state index is 13.5. The van der Waals surface area contributed by atoms with E-state index in [0.29, 0.717) is 0 Å². The number of ether oxygens (including phenoxy) is 2. The van der Waals surface area contributed by atoms with Crippen molar-refractivity contribution in [3.05, 3.63) is 53.7 Å². The van der Waals surface area contributed by atoms with Crippen molar-refractivity contribution in [3.63, 3.8) is 0 Å². The van der Waals surface area contributed by atoms with Gasteiger partial charge in [-0.25, -0.2) is 9.78 Å². The summed E-state index contributed by atoms with van der Waals surface area (Å²) in [7, 11) is 1.23. The quantitative estimate of drug-likeness (QED) is 0.596. The number of pyridine rings is 1. The van der Waals surface area contributed by atoms with Crippen LogP contribution < -0.4 is 4.74 Å². The SMILES string of the molecule is COC(=O)c1ccc(Oc2ccc(C(F)(F)C(C)(F)F)cc2)nc1. The Hall–Kier alpha value is -2.64. The number of hydrogen-bond donors (Lipinski definition) is 0. The lowest BCUT2D eigenvalue weighted by atomic mass is 10.0. The molecule has 0 N–H and O–H groups in total. The third kappa shape index (κ3) is 3.64. The van der Waals surface area contributed by atoms with Crippen molar-refractivity contribution in [3.8, 4) is 11.6 Å². The number of aromatic nitrogens is 1. The van der Waals surface area contributed by atoms with E-state index in [9.17, 15) is 22.4 Å². The van der Waals surface area contributed by atoms with Crippen LogP contribution in [-0.2, 0) is 10.7 Å². The third-order valence-electron chi connectivity index (χ3n) is 3.15. The number of benzene rings is 1. The zero-order valence-corrected chi connectivity index (χ0v) is 12.7. The first kappa shape index (κ1) is 17.7. The van der Waals surface area contributed by atoms with Crippen LogP contribution in [-0.4, -0.2) is 24.0 Å². The molecule has 0 atom stereocenters. The molecular formula is C16H13F4NO3. The molecule has 0 fully saturated rings. The number of carbonyl (C=O) groups excluding carboxylic acids is 1. The minimum atomic E-state index is -4.29. The minimum absolute atomic E-state index is 0.1000. The predicted molar refractivity (Wildman–Crippen MR) is 76.6 cm³/mol. The average Bonchev–Trinajstić information content (AvgIpc) is 2.54. The van der Waals surface area contributed by atoms with Crippen molar-refractivity contribution in [2.75, 3.05) is 7.11 Å². The van der Waals surface area contributed by atoms with Crippen molar-refractivity contribution in [1.82, 2.24) is 4.98 Å². The van der Waals surface area contributed by atoms with Gasteiger partial charge in [0, 0.05) is 24.8 Å². The lowest BCUT2D eigenvalue weighted by Gasteiger charge is -2.23. The fourth-order valence-corrected chi connectivity index (χ4v) is 1.79. The molecule has 0 aliphatic rings. The molecule has 0 bridgehead atoms. The van der Waals surface area contributed by atoms with Crippen LogP contribution in [0.4, 0.5) is 17.6 Å². The maximum Gasteiger partial charge on any atom is 0.339 e. The highest BCUT2D eigenvalue weighted by molar-refractivity contribution is 5.88. The predicted octanol–water partition coefficient (Wildman–Crippen LogP) is 4.41. The molecule has 2 rings (SSSR count). The topological polar surface area (TPSA) is 48.4 Å². The molecule has 128 valence electrons. The average molecular weight is 343 g/mol. The number of hydrogen-bond acceptors (Lipinski definition) is 4. The van der Waals surface area contributed by atoms with Crippen molar-refractivity contribution in [2.45, 2.75) is 18.8 Å². The number of alkyl halides is 4. The Morgan fingerprint density at radius 2 is 1.67 bits per heavy atom. The first-order chi connectivity index (χ1) is 11.1. The molecule has 0 radical (unpaired) electrons. The van der Waals surface area contributed by atoms with Crippen LogP contribution in [0, 0.1) is 0 Å². The number of nitrogens with zero attached hydrogens (tertiary/aromatic N) is 1. The number of halogens is 4. The summed E-state index contributed by atoms with van der Waals surface area (Å²) >= 11 is 0. The van der Waals surface area contributed by atoms with Gasteiger partial charge >= 0.3 is 17.8 Å². The molecule has 1 aromatic carbocycles. The second kappa shape index (κ2) is 6.46. The second-order valence-electron chi connectivity index (χ2n) is 4.97. The zero-order valence-electron chi connectivity index (χ0n) is 12.7. The van der Waals surface area contributed by atoms with E-state index in [1.807, 2.05) is 0 Å². The van der Waals surface area contributed by atoms with Crippen molar-refractivity contribution < 1.29 is 31.8 Å². The maximum atomic E-state index is 13.5. The molecule has 0 aliphatic heterocycles. The van der Waals surface area contributed by atoms with Gasteiger partial charge in [-0.2, -0.15) is 17.6 Å². The van der Waals surface area contributed by atoms with Crippen molar-refractivity contribution in [1.29, 1.82) is 0 Å². The normalized spacial score (nSPS) is 11.9. The summed E-state index contributed by atoms with van der Waals surface area (Å²) in [5.74, 6) is -8.80. The van der Waals surface area contributed by atoms with Gasteiger partial charge in [0.05, 0.1) is 12.7 Å². The van der Waals surface area contributed by atoms with E-state index >= 15 is 0 Å². The molecule has 0 amide bonds. The lowest BCUT2D eigenvalue weighted by molar-refractivity contribution is -0.204. The molecular weight excluding hydrogens is 330 g/mol. The standard InChI is InChI=1S/C16H13F4NO3/c1-15(17,18)16(19,20)11-4-6-12(7-5-11)24-13-8-3-10(9-21-13)14(22)23-2/h3-9H,1-2H3. The molecule has 4 nitrogen and oxygen atoms in total. The van der Waals surface area contributed by atoms with E-state index in [1.165, 1.54) is 25.4 Å². The van der Waals surface area contributed by atoms with E-state index in [1.54, 1.807) is 0 Å². The monoisotopic (exact) mass is 343 g/mol. The first-order valence-corrected chi connectivity index (χ1v) is 6.73. The Labute approximate surface area is 135 Å². The highest BCUT2D eigenvalue weighted by Crippen LogP contribution is 2.42. The zero-order chi connectivity index (χ0) is 18.0. The van der Waals surface area contributed by atoms with Crippen LogP contribution in [0.2, 0.25) is 0 Å². The van der Waals surface area contributed by atoms with Crippen LogP contribution in [0.15, 0.2) is 42.6 Å². The summed E-state index contributed by atoms with van der Waals surface area (Å²) in [5.41, 5.74) is -0.610. The Bertz CT molecular complexity index is 710. The summed E-state index contributed by atoms with van der Waals surface area (Å²) in [6.45, 7) is 0.157. The van der Waals surface area contributed by atoms with E-state index in [-0.39, 0.29) is 24.1 Å². The van der Waals surface area contributed by atoms with Crippen molar-refractivity contribution >= 4 is 5.97 Å². The van der Waals surface area contributed by atoms with Crippen LogP contribution in [0.3, 0.4) is 0 Å². The largest absolute Gasteiger partial charge is 0.465 e. The Morgan fingerprint density at radius 1 is 1.04 bits per heavy atom. The summed E-state index contributed by atoms with van der Waals surface area (Å²) in [6, 6.07) is 6.77. The van der Waals surface area contributed by atoms with E-state index in [2.05, 4.69) is 9.72 Å². The van der Waals surface area contributed by atoms with Gasteiger partial charge in [0.25, 0.3) is 0 Å². The van der Waals surface area contributed by atoms with Crippen LogP contribution in [0.5, 0.6) is 11.6 Å². The van der Waals surface area contributed by atoms with Gasteiger partial charge in [-0.15, -0.1) is 0 Å². The first-order valence-electron chi connectivity index (χ1n) is 6.73. The highest BCUT2D eigenvalue weighted by atomic mass is 19.3. The molecule has 2 aromatic rings. The molecule has 1 aromatic heterocycles. The molecule has 0 saturated heterocycles. The highest BCUT2D eigenvalue weighted by Gasteiger charge is 2.53. The van der Waals surface area contributed by atoms with Gasteiger partial charge < -0.3 is 9.47 Å². The molecule has 0 saturated carbocycles. The fourth-order valence-electron chi connectivity index (χ4n) is 1.79. The van der Waals surface area contributed by atoms with E-state index in [4.69, 9.17) is 4.74 Å². The van der Waals surface area contributed by atoms with E-state index < -0.39 is 23.4 Å². The molecule has 1 heterocycles. The Kier molecular flexibility index (Phi) is 4.77. The molecule has 24 heavy (non-hydrogen) atoms. The number of rotatable bonds is 5.